The van der Waals surface area contributed by atoms with Crippen LogP contribution in [0, 0.1) is 6.92 Å². The van der Waals surface area contributed by atoms with Crippen molar-refractivity contribution < 1.29 is 0 Å². The van der Waals surface area contributed by atoms with E-state index in [-0.39, 0.29) is 0 Å². The predicted molar refractivity (Wildman–Crippen MR) is 67.2 cm³/mol. The van der Waals surface area contributed by atoms with E-state index >= 15 is 0 Å². The Morgan fingerprint density at radius 1 is 1.50 bits per heavy atom. The highest BCUT2D eigenvalue weighted by Crippen LogP contribution is 2.34. The number of nitrogens with two attached hydrogens (primary N) is 1. The second-order valence-electron chi connectivity index (χ2n) is 4.96. The van der Waals surface area contributed by atoms with Crippen molar-refractivity contribution in [3.63, 3.8) is 0 Å². The van der Waals surface area contributed by atoms with E-state index in [1.807, 2.05) is 12.3 Å². The van der Waals surface area contributed by atoms with Gasteiger partial charge in [-0.1, -0.05) is 0 Å². The predicted octanol–water partition coefficient (Wildman–Crippen LogP) is 2.52. The molecule has 3 nitrogen and oxygen atoms in total. The van der Waals surface area contributed by atoms with E-state index in [4.69, 9.17) is 5.73 Å². The monoisotopic (exact) mass is 219 g/mol. The van der Waals surface area contributed by atoms with Crippen LogP contribution in [0.15, 0.2) is 12.3 Å². The highest BCUT2D eigenvalue weighted by Gasteiger charge is 2.28. The summed E-state index contributed by atoms with van der Waals surface area (Å²) in [6.45, 7) is 7.85. The van der Waals surface area contributed by atoms with Crippen LogP contribution >= 0.6 is 0 Å². The van der Waals surface area contributed by atoms with Crippen molar-refractivity contribution in [1.82, 2.24) is 9.88 Å². The summed E-state index contributed by atoms with van der Waals surface area (Å²) in [5.41, 5.74) is 8.31. The van der Waals surface area contributed by atoms with Gasteiger partial charge in [-0.25, -0.2) is 4.98 Å². The molecular formula is C13H21N3. The maximum Gasteiger partial charge on any atom is 0.123 e. The molecule has 0 amide bonds. The number of rotatable bonds is 2. The van der Waals surface area contributed by atoms with Crippen LogP contribution in [0.5, 0.6) is 0 Å². The lowest BCUT2D eigenvalue weighted by Crippen LogP contribution is -2.30. The van der Waals surface area contributed by atoms with Gasteiger partial charge >= 0.3 is 0 Å². The van der Waals surface area contributed by atoms with Crippen molar-refractivity contribution in [1.29, 1.82) is 0 Å². The Morgan fingerprint density at radius 2 is 2.25 bits per heavy atom. The lowest BCUT2D eigenvalue weighted by atomic mass is 10.0. The van der Waals surface area contributed by atoms with Crippen molar-refractivity contribution in [2.24, 2.45) is 0 Å². The van der Waals surface area contributed by atoms with E-state index in [0.29, 0.717) is 17.9 Å². The van der Waals surface area contributed by atoms with Crippen molar-refractivity contribution in [2.45, 2.75) is 45.7 Å². The standard InChI is InChI=1S/C13H21N3/c1-9(2)16-6-4-5-12(16)11-8-15-13(14)7-10(11)3/h7-9,12H,4-6H2,1-3H3,(H2,14,15). The number of hydrogen-bond acceptors (Lipinski definition) is 3. The number of pyridine rings is 1. The molecule has 2 N–H and O–H groups in total. The van der Waals surface area contributed by atoms with Gasteiger partial charge in [0.25, 0.3) is 0 Å². The van der Waals surface area contributed by atoms with Crippen LogP contribution in [-0.2, 0) is 0 Å². The summed E-state index contributed by atoms with van der Waals surface area (Å²) >= 11 is 0. The van der Waals surface area contributed by atoms with E-state index in [9.17, 15) is 0 Å². The minimum atomic E-state index is 0.535. The molecular weight excluding hydrogens is 198 g/mol. The van der Waals surface area contributed by atoms with Crippen LogP contribution < -0.4 is 5.73 Å². The maximum absolute atomic E-state index is 5.70. The van der Waals surface area contributed by atoms with Crippen molar-refractivity contribution in [2.75, 3.05) is 12.3 Å². The van der Waals surface area contributed by atoms with Gasteiger partial charge in [-0.15, -0.1) is 0 Å². The molecule has 1 aliphatic heterocycles. The fraction of sp³-hybridized carbons (Fsp3) is 0.615. The van der Waals surface area contributed by atoms with Crippen LogP contribution in [0.4, 0.5) is 5.82 Å². The van der Waals surface area contributed by atoms with E-state index in [1.54, 1.807) is 0 Å². The second kappa shape index (κ2) is 4.42. The first-order valence-electron chi connectivity index (χ1n) is 6.07. The average molecular weight is 219 g/mol. The Bertz CT molecular complexity index is 373. The topological polar surface area (TPSA) is 42.1 Å². The molecule has 1 aliphatic rings. The third kappa shape index (κ3) is 2.05. The Balaban J connectivity index is 2.29. The van der Waals surface area contributed by atoms with Gasteiger partial charge in [0.15, 0.2) is 0 Å². The number of aromatic nitrogens is 1. The van der Waals surface area contributed by atoms with Crippen LogP contribution in [-0.4, -0.2) is 22.5 Å². The third-order valence-electron chi connectivity index (χ3n) is 3.49. The normalized spacial score (nSPS) is 21.9. The van der Waals surface area contributed by atoms with Gasteiger partial charge in [0.05, 0.1) is 0 Å². The minimum Gasteiger partial charge on any atom is -0.384 e. The molecule has 0 bridgehead atoms. The summed E-state index contributed by atoms with van der Waals surface area (Å²) < 4.78 is 0. The molecule has 3 heteroatoms. The van der Waals surface area contributed by atoms with Gasteiger partial charge in [-0.05, 0) is 57.4 Å². The number of anilines is 1. The molecule has 16 heavy (non-hydrogen) atoms. The van der Waals surface area contributed by atoms with Crippen LogP contribution in [0.3, 0.4) is 0 Å². The summed E-state index contributed by atoms with van der Waals surface area (Å²) in [4.78, 5) is 6.79. The summed E-state index contributed by atoms with van der Waals surface area (Å²) in [7, 11) is 0. The molecule has 1 fully saturated rings. The Kier molecular flexibility index (Phi) is 3.15. The van der Waals surface area contributed by atoms with Gasteiger partial charge < -0.3 is 5.73 Å². The largest absolute Gasteiger partial charge is 0.384 e. The molecule has 0 spiro atoms. The number of likely N-dealkylation sites (tertiary alicyclic amines) is 1. The van der Waals surface area contributed by atoms with Gasteiger partial charge in [0.1, 0.15) is 5.82 Å². The summed E-state index contributed by atoms with van der Waals surface area (Å²) in [5.74, 6) is 0.621. The molecule has 1 saturated heterocycles. The molecule has 0 aliphatic carbocycles. The van der Waals surface area contributed by atoms with E-state index < -0.39 is 0 Å². The molecule has 1 aromatic heterocycles. The molecule has 0 aromatic carbocycles. The lowest BCUT2D eigenvalue weighted by Gasteiger charge is -2.29. The molecule has 0 radical (unpaired) electrons. The molecule has 0 saturated carbocycles. The van der Waals surface area contributed by atoms with Gasteiger partial charge in [0, 0.05) is 18.3 Å². The molecule has 1 unspecified atom stereocenters. The smallest absolute Gasteiger partial charge is 0.123 e. The summed E-state index contributed by atoms with van der Waals surface area (Å²) in [6, 6.07) is 3.11. The molecule has 2 heterocycles. The number of aryl methyl sites for hydroxylation is 1. The quantitative estimate of drug-likeness (QED) is 0.831. The van der Waals surface area contributed by atoms with Crippen LogP contribution in [0.25, 0.3) is 0 Å². The zero-order valence-corrected chi connectivity index (χ0v) is 10.4. The van der Waals surface area contributed by atoms with Gasteiger partial charge in [0.2, 0.25) is 0 Å². The van der Waals surface area contributed by atoms with Crippen molar-refractivity contribution in [3.8, 4) is 0 Å². The fourth-order valence-electron chi connectivity index (χ4n) is 2.68. The Morgan fingerprint density at radius 3 is 2.88 bits per heavy atom. The zero-order chi connectivity index (χ0) is 11.7. The summed E-state index contributed by atoms with van der Waals surface area (Å²) in [6.07, 6.45) is 4.48. The highest BCUT2D eigenvalue weighted by molar-refractivity contribution is 5.38. The molecule has 2 rings (SSSR count). The SMILES string of the molecule is Cc1cc(N)ncc1C1CCCN1C(C)C. The van der Waals surface area contributed by atoms with E-state index in [0.717, 1.165) is 0 Å². The third-order valence-corrected chi connectivity index (χ3v) is 3.49. The average Bonchev–Trinajstić information content (AvgIpc) is 2.66. The molecule has 1 aromatic rings. The first kappa shape index (κ1) is 11.4. The Hall–Kier alpha value is -1.09. The van der Waals surface area contributed by atoms with E-state index in [2.05, 4.69) is 30.7 Å². The summed E-state index contributed by atoms with van der Waals surface area (Å²) in [5, 5.41) is 0. The van der Waals surface area contributed by atoms with Gasteiger partial charge in [-0.3, -0.25) is 4.90 Å². The second-order valence-corrected chi connectivity index (χ2v) is 4.96. The highest BCUT2D eigenvalue weighted by atomic mass is 15.2. The minimum absolute atomic E-state index is 0.535. The number of nitrogen functional groups attached to an aromatic ring is 1. The Labute approximate surface area is 97.7 Å². The molecule has 1 atom stereocenters. The first-order valence-corrected chi connectivity index (χ1v) is 6.07. The van der Waals surface area contributed by atoms with Crippen molar-refractivity contribution >= 4 is 5.82 Å². The van der Waals surface area contributed by atoms with Crippen molar-refractivity contribution in [3.05, 3.63) is 23.4 Å². The van der Waals surface area contributed by atoms with Crippen LogP contribution in [0.1, 0.15) is 43.9 Å². The zero-order valence-electron chi connectivity index (χ0n) is 10.4. The number of hydrogen-bond donors (Lipinski definition) is 1. The van der Waals surface area contributed by atoms with E-state index in [1.165, 1.54) is 30.5 Å². The van der Waals surface area contributed by atoms with Gasteiger partial charge in [-0.2, -0.15) is 0 Å². The maximum atomic E-state index is 5.70. The first-order chi connectivity index (χ1) is 7.59. The molecule has 88 valence electrons. The fourth-order valence-corrected chi connectivity index (χ4v) is 2.68. The number of nitrogens with zero attached hydrogens (tertiary/aromatic N) is 2. The van der Waals surface area contributed by atoms with Crippen LogP contribution in [0.2, 0.25) is 0 Å². The lowest BCUT2D eigenvalue weighted by molar-refractivity contribution is 0.205.